The Balaban J connectivity index is 2.34. The van der Waals surface area contributed by atoms with E-state index < -0.39 is 23.8 Å². The predicted molar refractivity (Wildman–Crippen MR) is 92.3 cm³/mol. The highest BCUT2D eigenvalue weighted by atomic mass is 16.7. The van der Waals surface area contributed by atoms with Crippen LogP contribution in [0.3, 0.4) is 0 Å². The normalized spacial score (nSPS) is 29.7. The van der Waals surface area contributed by atoms with E-state index in [9.17, 15) is 14.7 Å². The van der Waals surface area contributed by atoms with Gasteiger partial charge in [0.1, 0.15) is 0 Å². The van der Waals surface area contributed by atoms with E-state index in [-0.39, 0.29) is 31.0 Å². The number of hydrogen-bond acceptors (Lipinski definition) is 7. The van der Waals surface area contributed by atoms with Crippen molar-refractivity contribution in [2.24, 2.45) is 11.8 Å². The summed E-state index contributed by atoms with van der Waals surface area (Å²) in [5.41, 5.74) is 0.295. The van der Waals surface area contributed by atoms with E-state index in [2.05, 4.69) is 0 Å². The fourth-order valence-electron chi connectivity index (χ4n) is 3.22. The van der Waals surface area contributed by atoms with Gasteiger partial charge in [0.2, 0.25) is 5.79 Å². The maximum atomic E-state index is 12.5. The molecule has 7 nitrogen and oxygen atoms in total. The van der Waals surface area contributed by atoms with Crippen LogP contribution in [0, 0.1) is 11.8 Å². The number of hydrogen-bond donors (Lipinski definition) is 1. The van der Waals surface area contributed by atoms with Gasteiger partial charge in [-0.25, -0.2) is 9.59 Å². The monoisotopic (exact) mass is 366 g/mol. The molecule has 0 aliphatic carbocycles. The molecule has 1 aromatic carbocycles. The number of carbonyl (C=O) groups excluding carboxylic acids is 2. The number of aliphatic hydroxyl groups excluding tert-OH is 1. The zero-order chi connectivity index (χ0) is 19.3. The molecule has 5 atom stereocenters. The van der Waals surface area contributed by atoms with Crippen molar-refractivity contribution >= 4 is 11.9 Å². The van der Waals surface area contributed by atoms with Crippen LogP contribution in [-0.4, -0.2) is 55.9 Å². The first-order valence-electron chi connectivity index (χ1n) is 8.56. The Morgan fingerprint density at radius 3 is 2.46 bits per heavy atom. The quantitative estimate of drug-likeness (QED) is 0.767. The zero-order valence-corrected chi connectivity index (χ0v) is 15.5. The van der Waals surface area contributed by atoms with Crippen LogP contribution in [-0.2, 0) is 23.7 Å². The molecule has 1 heterocycles. The molecule has 2 rings (SSSR count). The Bertz CT molecular complexity index is 618. The van der Waals surface area contributed by atoms with Crippen LogP contribution in [0.5, 0.6) is 0 Å². The Morgan fingerprint density at radius 1 is 1.27 bits per heavy atom. The van der Waals surface area contributed by atoms with Crippen LogP contribution >= 0.6 is 0 Å². The van der Waals surface area contributed by atoms with Crippen LogP contribution in [0.4, 0.5) is 0 Å². The first kappa shape index (κ1) is 20.4. The van der Waals surface area contributed by atoms with Crippen LogP contribution in [0.15, 0.2) is 30.3 Å². The summed E-state index contributed by atoms with van der Waals surface area (Å²) in [6, 6.07) is 8.32. The number of methoxy groups -OCH3 is 2. The summed E-state index contributed by atoms with van der Waals surface area (Å²) in [6.07, 6.45) is -1.55. The zero-order valence-electron chi connectivity index (χ0n) is 15.5. The lowest BCUT2D eigenvalue weighted by Gasteiger charge is -2.47. The van der Waals surface area contributed by atoms with Crippen molar-refractivity contribution in [3.05, 3.63) is 35.9 Å². The highest BCUT2D eigenvalue weighted by molar-refractivity contribution is 5.91. The van der Waals surface area contributed by atoms with Crippen LogP contribution in [0.1, 0.15) is 30.6 Å². The van der Waals surface area contributed by atoms with Gasteiger partial charge < -0.3 is 24.1 Å². The molecule has 1 N–H and O–H groups in total. The van der Waals surface area contributed by atoms with Crippen molar-refractivity contribution in [2.45, 2.75) is 38.3 Å². The molecule has 0 aromatic heterocycles. The number of ether oxygens (including phenoxy) is 4. The molecule has 1 aromatic rings. The lowest BCUT2D eigenvalue weighted by atomic mass is 9.80. The second kappa shape index (κ2) is 8.62. The summed E-state index contributed by atoms with van der Waals surface area (Å²) in [6.45, 7) is 3.68. The molecule has 26 heavy (non-hydrogen) atoms. The fraction of sp³-hybridized carbons (Fsp3) is 0.579. The molecule has 1 saturated heterocycles. The molecule has 0 spiro atoms. The van der Waals surface area contributed by atoms with Crippen molar-refractivity contribution < 1.29 is 33.6 Å². The average molecular weight is 366 g/mol. The molecule has 7 heteroatoms. The molecular formula is C19H26O7. The Labute approximate surface area is 153 Å². The van der Waals surface area contributed by atoms with Crippen LogP contribution in [0.2, 0.25) is 0 Å². The van der Waals surface area contributed by atoms with Gasteiger partial charge in [0.15, 0.2) is 0 Å². The number of esters is 2. The molecule has 1 aliphatic heterocycles. The third-order valence-corrected chi connectivity index (χ3v) is 5.05. The largest absolute Gasteiger partial charge is 0.466 e. The first-order chi connectivity index (χ1) is 12.4. The molecule has 1 aliphatic rings. The SMILES string of the molecule is COC(=O)C(OC(=O)c1ccccc1)[C@@]1(OC)C[C@@H](CO)[C@@H](C)[C@@H](C)O1. The minimum Gasteiger partial charge on any atom is -0.466 e. The third-order valence-electron chi connectivity index (χ3n) is 5.05. The van der Waals surface area contributed by atoms with Crippen molar-refractivity contribution in [3.8, 4) is 0 Å². The molecule has 0 amide bonds. The number of carbonyl (C=O) groups is 2. The molecule has 0 bridgehead atoms. The summed E-state index contributed by atoms with van der Waals surface area (Å²) in [4.78, 5) is 24.9. The Hall–Kier alpha value is -1.96. The first-order valence-corrected chi connectivity index (χ1v) is 8.56. The van der Waals surface area contributed by atoms with Crippen LogP contribution < -0.4 is 0 Å². The second-order valence-electron chi connectivity index (χ2n) is 6.52. The highest BCUT2D eigenvalue weighted by Gasteiger charge is 2.54. The van der Waals surface area contributed by atoms with Gasteiger partial charge in [-0.2, -0.15) is 0 Å². The summed E-state index contributed by atoms with van der Waals surface area (Å²) in [5.74, 6) is -3.13. The van der Waals surface area contributed by atoms with E-state index in [0.29, 0.717) is 5.56 Å². The topological polar surface area (TPSA) is 91.3 Å². The molecule has 144 valence electrons. The van der Waals surface area contributed by atoms with Crippen molar-refractivity contribution in [1.82, 2.24) is 0 Å². The van der Waals surface area contributed by atoms with E-state index in [1.165, 1.54) is 14.2 Å². The van der Waals surface area contributed by atoms with E-state index in [0.717, 1.165) is 0 Å². The molecular weight excluding hydrogens is 340 g/mol. The van der Waals surface area contributed by atoms with Gasteiger partial charge in [-0.15, -0.1) is 0 Å². The van der Waals surface area contributed by atoms with E-state index >= 15 is 0 Å². The van der Waals surface area contributed by atoms with Crippen molar-refractivity contribution in [1.29, 1.82) is 0 Å². The summed E-state index contributed by atoms with van der Waals surface area (Å²) in [5, 5.41) is 9.71. The predicted octanol–water partition coefficient (Wildman–Crippen LogP) is 1.78. The summed E-state index contributed by atoms with van der Waals surface area (Å²) < 4.78 is 21.8. The summed E-state index contributed by atoms with van der Waals surface area (Å²) >= 11 is 0. The summed E-state index contributed by atoms with van der Waals surface area (Å²) in [7, 11) is 2.58. The van der Waals surface area contributed by atoms with Gasteiger partial charge in [-0.3, -0.25) is 0 Å². The van der Waals surface area contributed by atoms with Gasteiger partial charge in [0.05, 0.1) is 18.8 Å². The minimum atomic E-state index is -1.53. The Morgan fingerprint density at radius 2 is 1.92 bits per heavy atom. The number of benzene rings is 1. The highest BCUT2D eigenvalue weighted by Crippen LogP contribution is 2.40. The van der Waals surface area contributed by atoms with Crippen molar-refractivity contribution in [2.75, 3.05) is 20.8 Å². The van der Waals surface area contributed by atoms with Gasteiger partial charge in [0.25, 0.3) is 6.10 Å². The smallest absolute Gasteiger partial charge is 0.352 e. The molecule has 0 saturated carbocycles. The Kier molecular flexibility index (Phi) is 6.75. The van der Waals surface area contributed by atoms with E-state index in [4.69, 9.17) is 18.9 Å². The molecule has 1 fully saturated rings. The van der Waals surface area contributed by atoms with Gasteiger partial charge >= 0.3 is 11.9 Å². The average Bonchev–Trinajstić information content (AvgIpc) is 2.68. The maximum Gasteiger partial charge on any atom is 0.352 e. The minimum absolute atomic E-state index is 0.0476. The lowest BCUT2D eigenvalue weighted by molar-refractivity contribution is -0.322. The van der Waals surface area contributed by atoms with Gasteiger partial charge in [-0.1, -0.05) is 25.1 Å². The lowest BCUT2D eigenvalue weighted by Crippen LogP contribution is -2.60. The van der Waals surface area contributed by atoms with E-state index in [1.807, 2.05) is 13.8 Å². The number of rotatable bonds is 6. The molecule has 0 radical (unpaired) electrons. The standard InChI is InChI=1S/C19H26O7/c1-12-13(2)26-19(24-4,10-15(12)11-20)16(18(22)23-3)25-17(21)14-8-6-5-7-9-14/h5-9,12-13,15-16,20H,10-11H2,1-4H3/t12-,13+,15-,16?,19+/m0/s1. The fourth-order valence-corrected chi connectivity index (χ4v) is 3.22. The van der Waals surface area contributed by atoms with Gasteiger partial charge in [-0.05, 0) is 30.9 Å². The second-order valence-corrected chi connectivity index (χ2v) is 6.52. The van der Waals surface area contributed by atoms with Crippen LogP contribution in [0.25, 0.3) is 0 Å². The number of aliphatic hydroxyl groups is 1. The maximum absolute atomic E-state index is 12.5. The van der Waals surface area contributed by atoms with Gasteiger partial charge in [0, 0.05) is 20.1 Å². The third kappa shape index (κ3) is 4.06. The van der Waals surface area contributed by atoms with Crippen molar-refractivity contribution in [3.63, 3.8) is 0 Å². The van der Waals surface area contributed by atoms with E-state index in [1.54, 1.807) is 30.3 Å². The molecule has 1 unspecified atom stereocenters.